The molecule has 3 amide bonds. The molecule has 1 heterocycles. The van der Waals surface area contributed by atoms with Gasteiger partial charge >= 0.3 is 6.03 Å². The molecule has 0 saturated heterocycles. The van der Waals surface area contributed by atoms with Gasteiger partial charge in [0.15, 0.2) is 0 Å². The number of amides is 3. The van der Waals surface area contributed by atoms with Crippen molar-refractivity contribution in [3.63, 3.8) is 0 Å². The molecule has 2 aromatic rings. The first kappa shape index (κ1) is 19.3. The molecule has 27 heavy (non-hydrogen) atoms. The van der Waals surface area contributed by atoms with Crippen LogP contribution in [0.2, 0.25) is 0 Å². The molecule has 0 spiro atoms. The zero-order valence-electron chi connectivity index (χ0n) is 14.4. The number of nitrogens with zero attached hydrogens (tertiary/aromatic N) is 1. The summed E-state index contributed by atoms with van der Waals surface area (Å²) in [4.78, 5) is 25.7. The highest BCUT2D eigenvalue weighted by Gasteiger charge is 2.25. The van der Waals surface area contributed by atoms with Gasteiger partial charge in [-0.15, -0.1) is 0 Å². The van der Waals surface area contributed by atoms with Crippen molar-refractivity contribution in [2.75, 3.05) is 23.3 Å². The predicted octanol–water partition coefficient (Wildman–Crippen LogP) is 4.22. The first-order valence-corrected chi connectivity index (χ1v) is 9.32. The van der Waals surface area contributed by atoms with Crippen LogP contribution in [0.1, 0.15) is 18.4 Å². The zero-order valence-corrected chi connectivity index (χ0v) is 16.0. The lowest BCUT2D eigenvalue weighted by Gasteiger charge is -2.30. The van der Waals surface area contributed by atoms with E-state index in [1.807, 2.05) is 0 Å². The van der Waals surface area contributed by atoms with E-state index in [0.29, 0.717) is 30.6 Å². The minimum Gasteiger partial charge on any atom is -0.337 e. The molecule has 8 heteroatoms. The fourth-order valence-electron chi connectivity index (χ4n) is 3.00. The van der Waals surface area contributed by atoms with Gasteiger partial charge in [0, 0.05) is 41.3 Å². The number of anilines is 2. The number of nitrogens with one attached hydrogen (secondary N) is 2. The van der Waals surface area contributed by atoms with Gasteiger partial charge in [-0.2, -0.15) is 0 Å². The minimum atomic E-state index is -0.710. The fourth-order valence-corrected chi connectivity index (χ4v) is 3.26. The number of fused-ring (bicyclic) bond motifs is 1. The maximum Gasteiger partial charge on any atom is 0.319 e. The second-order valence-electron chi connectivity index (χ2n) is 6.17. The quantitative estimate of drug-likeness (QED) is 0.751. The van der Waals surface area contributed by atoms with Crippen LogP contribution < -0.4 is 15.5 Å². The Balaban J connectivity index is 1.54. The van der Waals surface area contributed by atoms with Gasteiger partial charge in [0.2, 0.25) is 5.91 Å². The number of carbonyl (C=O) groups excluding carboxylic acids is 2. The molecule has 0 unspecified atom stereocenters. The lowest BCUT2D eigenvalue weighted by Crippen LogP contribution is -2.38. The molecular formula is C19H18BrF2N3O2. The van der Waals surface area contributed by atoms with Crippen LogP contribution in [0.25, 0.3) is 0 Å². The van der Waals surface area contributed by atoms with E-state index in [9.17, 15) is 18.4 Å². The summed E-state index contributed by atoms with van der Waals surface area (Å²) in [7, 11) is 0. The molecule has 0 aliphatic carbocycles. The third kappa shape index (κ3) is 4.82. The van der Waals surface area contributed by atoms with Gasteiger partial charge in [0.25, 0.3) is 0 Å². The summed E-state index contributed by atoms with van der Waals surface area (Å²) >= 11 is 3.31. The van der Waals surface area contributed by atoms with Crippen molar-refractivity contribution in [2.24, 2.45) is 0 Å². The zero-order chi connectivity index (χ0) is 19.4. The van der Waals surface area contributed by atoms with E-state index < -0.39 is 17.7 Å². The minimum absolute atomic E-state index is 0.0331. The van der Waals surface area contributed by atoms with Gasteiger partial charge in [-0.1, -0.05) is 15.9 Å². The van der Waals surface area contributed by atoms with Gasteiger partial charge in [-0.3, -0.25) is 4.79 Å². The third-order valence-electron chi connectivity index (χ3n) is 4.26. The maximum absolute atomic E-state index is 13.9. The standard InChI is InChI=1S/C19H18BrF2N3O2/c20-12-3-5-14(6-4-12)24-19(27)23-8-7-18(26)25-9-1-2-15-16(22)10-13(21)11-17(15)25/h3-6,10-11H,1-2,7-9H2,(H2,23,24,27). The van der Waals surface area contributed by atoms with Crippen LogP contribution in [-0.4, -0.2) is 25.0 Å². The van der Waals surface area contributed by atoms with E-state index in [2.05, 4.69) is 26.6 Å². The molecule has 0 aromatic heterocycles. The Morgan fingerprint density at radius 3 is 2.63 bits per heavy atom. The molecule has 0 atom stereocenters. The van der Waals surface area contributed by atoms with Crippen LogP contribution in [0, 0.1) is 11.6 Å². The molecule has 2 N–H and O–H groups in total. The Labute approximate surface area is 163 Å². The monoisotopic (exact) mass is 437 g/mol. The van der Waals surface area contributed by atoms with Crippen molar-refractivity contribution in [3.8, 4) is 0 Å². The largest absolute Gasteiger partial charge is 0.337 e. The van der Waals surface area contributed by atoms with Gasteiger partial charge < -0.3 is 15.5 Å². The summed E-state index contributed by atoms with van der Waals surface area (Å²) in [6.45, 7) is 0.518. The molecule has 0 bridgehead atoms. The molecule has 0 radical (unpaired) electrons. The molecule has 5 nitrogen and oxygen atoms in total. The number of halogens is 3. The number of rotatable bonds is 4. The van der Waals surface area contributed by atoms with Crippen LogP contribution in [0.15, 0.2) is 40.9 Å². The second-order valence-corrected chi connectivity index (χ2v) is 7.09. The molecule has 0 fully saturated rings. The van der Waals surface area contributed by atoms with E-state index in [-0.39, 0.29) is 24.6 Å². The van der Waals surface area contributed by atoms with Gasteiger partial charge in [-0.25, -0.2) is 13.6 Å². The summed E-state index contributed by atoms with van der Waals surface area (Å²) < 4.78 is 28.3. The first-order chi connectivity index (χ1) is 12.9. The van der Waals surface area contributed by atoms with Crippen molar-refractivity contribution in [1.82, 2.24) is 5.32 Å². The Morgan fingerprint density at radius 1 is 1.15 bits per heavy atom. The topological polar surface area (TPSA) is 61.4 Å². The molecule has 0 saturated carbocycles. The highest BCUT2D eigenvalue weighted by atomic mass is 79.9. The van der Waals surface area contributed by atoms with Gasteiger partial charge in [0.05, 0.1) is 5.69 Å². The van der Waals surface area contributed by atoms with E-state index in [4.69, 9.17) is 0 Å². The van der Waals surface area contributed by atoms with Crippen LogP contribution in [0.5, 0.6) is 0 Å². The molecular weight excluding hydrogens is 420 g/mol. The fraction of sp³-hybridized carbons (Fsp3) is 0.263. The van der Waals surface area contributed by atoms with E-state index in [1.165, 1.54) is 11.0 Å². The Bertz CT molecular complexity index is 859. The van der Waals surface area contributed by atoms with Crippen molar-refractivity contribution in [1.29, 1.82) is 0 Å². The number of hydrogen-bond donors (Lipinski definition) is 2. The molecule has 1 aliphatic heterocycles. The molecule has 2 aromatic carbocycles. The first-order valence-electron chi connectivity index (χ1n) is 8.53. The summed E-state index contributed by atoms with van der Waals surface area (Å²) in [5, 5.41) is 5.26. The lowest BCUT2D eigenvalue weighted by atomic mass is 10.0. The average Bonchev–Trinajstić information content (AvgIpc) is 2.63. The number of benzene rings is 2. The lowest BCUT2D eigenvalue weighted by molar-refractivity contribution is -0.118. The highest BCUT2D eigenvalue weighted by molar-refractivity contribution is 9.10. The van der Waals surface area contributed by atoms with Gasteiger partial charge in [-0.05, 0) is 43.2 Å². The SMILES string of the molecule is O=C(NCCC(=O)N1CCCc2c(F)cc(F)cc21)Nc1ccc(Br)cc1. The van der Waals surface area contributed by atoms with Crippen molar-refractivity contribution < 1.29 is 18.4 Å². The second kappa shape index (κ2) is 8.47. The molecule has 142 valence electrons. The van der Waals surface area contributed by atoms with Crippen molar-refractivity contribution >= 4 is 39.2 Å². The summed E-state index contributed by atoms with van der Waals surface area (Å²) in [5.74, 6) is -1.63. The van der Waals surface area contributed by atoms with E-state index >= 15 is 0 Å². The molecule has 3 rings (SSSR count). The van der Waals surface area contributed by atoms with Crippen molar-refractivity contribution in [2.45, 2.75) is 19.3 Å². The number of urea groups is 1. The number of carbonyl (C=O) groups is 2. The summed E-state index contributed by atoms with van der Waals surface area (Å²) in [5.41, 5.74) is 1.26. The Hall–Kier alpha value is -2.48. The van der Waals surface area contributed by atoms with Crippen LogP contribution in [0.4, 0.5) is 25.0 Å². The highest BCUT2D eigenvalue weighted by Crippen LogP contribution is 2.30. The summed E-state index contributed by atoms with van der Waals surface area (Å²) in [6.07, 6.45) is 1.11. The summed E-state index contributed by atoms with van der Waals surface area (Å²) in [6, 6.07) is 8.66. The van der Waals surface area contributed by atoms with Crippen LogP contribution >= 0.6 is 15.9 Å². The smallest absolute Gasteiger partial charge is 0.319 e. The normalized spacial score (nSPS) is 13.1. The van der Waals surface area contributed by atoms with Crippen LogP contribution in [-0.2, 0) is 11.2 Å². The van der Waals surface area contributed by atoms with Crippen LogP contribution in [0.3, 0.4) is 0 Å². The third-order valence-corrected chi connectivity index (χ3v) is 4.79. The average molecular weight is 438 g/mol. The molecule has 1 aliphatic rings. The Kier molecular flexibility index (Phi) is 6.05. The van der Waals surface area contributed by atoms with Gasteiger partial charge in [0.1, 0.15) is 11.6 Å². The Morgan fingerprint density at radius 2 is 1.89 bits per heavy atom. The van der Waals surface area contributed by atoms with Crippen molar-refractivity contribution in [3.05, 3.63) is 58.1 Å². The van der Waals surface area contributed by atoms with E-state index in [0.717, 1.165) is 10.5 Å². The maximum atomic E-state index is 13.9. The van der Waals surface area contributed by atoms with E-state index in [1.54, 1.807) is 24.3 Å². The predicted molar refractivity (Wildman–Crippen MR) is 103 cm³/mol. The number of hydrogen-bond acceptors (Lipinski definition) is 2.